The molecule has 0 bridgehead atoms. The molecule has 4 aromatic rings. The second-order valence-corrected chi connectivity index (χ2v) is 6.09. The van der Waals surface area contributed by atoms with Crippen molar-refractivity contribution in [1.82, 2.24) is 15.0 Å². The Labute approximate surface area is 153 Å². The number of benzene rings is 1. The molecule has 3 heterocycles. The van der Waals surface area contributed by atoms with E-state index in [-0.39, 0.29) is 12.3 Å². The summed E-state index contributed by atoms with van der Waals surface area (Å²) in [6.45, 7) is 0. The third-order valence-electron chi connectivity index (χ3n) is 4.27. The summed E-state index contributed by atoms with van der Waals surface area (Å²) in [7, 11) is 0. The van der Waals surface area contributed by atoms with Crippen molar-refractivity contribution >= 4 is 45.7 Å². The average molecular weight is 360 g/mol. The van der Waals surface area contributed by atoms with Crippen molar-refractivity contribution in [2.75, 3.05) is 5.32 Å². The van der Waals surface area contributed by atoms with Crippen LogP contribution in [0.15, 0.2) is 54.9 Å². The summed E-state index contributed by atoms with van der Waals surface area (Å²) in [5, 5.41) is 13.3. The predicted octanol–water partition coefficient (Wildman–Crippen LogP) is 3.32. The quantitative estimate of drug-likeness (QED) is 0.409. The number of para-hydroxylation sites is 1. The van der Waals surface area contributed by atoms with Crippen molar-refractivity contribution in [3.8, 4) is 0 Å². The summed E-state index contributed by atoms with van der Waals surface area (Å²) in [6.07, 6.45) is 6.32. The Kier molecular flexibility index (Phi) is 4.18. The second-order valence-electron chi connectivity index (χ2n) is 6.09. The molecule has 0 saturated carbocycles. The predicted molar refractivity (Wildman–Crippen MR) is 103 cm³/mol. The lowest BCUT2D eigenvalue weighted by Gasteiger charge is -2.04. The zero-order chi connectivity index (χ0) is 18.8. The van der Waals surface area contributed by atoms with Gasteiger partial charge in [0.15, 0.2) is 0 Å². The van der Waals surface area contributed by atoms with Crippen LogP contribution < -0.4 is 5.32 Å². The molecule has 0 atom stereocenters. The van der Waals surface area contributed by atoms with Crippen LogP contribution in [0.2, 0.25) is 0 Å². The lowest BCUT2D eigenvalue weighted by molar-refractivity contribution is -0.131. The van der Waals surface area contributed by atoms with Gasteiger partial charge >= 0.3 is 5.97 Å². The summed E-state index contributed by atoms with van der Waals surface area (Å²) >= 11 is 0. The number of aromatic amines is 2. The van der Waals surface area contributed by atoms with Crippen LogP contribution in [0.5, 0.6) is 0 Å². The second kappa shape index (κ2) is 6.80. The average Bonchev–Trinajstić information content (AvgIpc) is 3.24. The van der Waals surface area contributed by atoms with Gasteiger partial charge in [0.05, 0.1) is 6.42 Å². The first-order valence-electron chi connectivity index (χ1n) is 8.34. The summed E-state index contributed by atoms with van der Waals surface area (Å²) < 4.78 is 0. The number of fused-ring (bicyclic) bond motifs is 2. The molecule has 3 aromatic heterocycles. The van der Waals surface area contributed by atoms with Crippen LogP contribution in [0, 0.1) is 0 Å². The van der Waals surface area contributed by atoms with Gasteiger partial charge in [-0.1, -0.05) is 18.2 Å². The highest BCUT2D eigenvalue weighted by Gasteiger charge is 2.10. The van der Waals surface area contributed by atoms with E-state index in [4.69, 9.17) is 5.11 Å². The highest BCUT2D eigenvalue weighted by atomic mass is 16.4. The normalized spacial score (nSPS) is 11.4. The number of carboxylic acids is 1. The minimum atomic E-state index is -1.02. The number of nitrogens with zero attached hydrogens (tertiary/aromatic N) is 1. The molecule has 0 radical (unpaired) electrons. The third kappa shape index (κ3) is 3.43. The van der Waals surface area contributed by atoms with Gasteiger partial charge in [-0.2, -0.15) is 0 Å². The van der Waals surface area contributed by atoms with E-state index in [1.54, 1.807) is 18.3 Å². The Morgan fingerprint density at radius 3 is 2.78 bits per heavy atom. The number of carboxylic acid groups (broad SMARTS) is 1. The summed E-state index contributed by atoms with van der Waals surface area (Å²) in [5.74, 6) is -0.745. The van der Waals surface area contributed by atoms with Gasteiger partial charge in [-0.25, -0.2) is 9.78 Å². The Bertz CT molecular complexity index is 1190. The molecule has 1 aromatic carbocycles. The number of pyridine rings is 1. The lowest BCUT2D eigenvalue weighted by atomic mass is 10.1. The number of amides is 1. The van der Waals surface area contributed by atoms with Crippen molar-refractivity contribution in [3.05, 3.63) is 66.0 Å². The minimum Gasteiger partial charge on any atom is -0.478 e. The zero-order valence-corrected chi connectivity index (χ0v) is 14.2. The molecule has 0 saturated heterocycles. The topological polar surface area (TPSA) is 111 Å². The highest BCUT2D eigenvalue weighted by molar-refractivity contribution is 5.97. The molecule has 0 aliphatic rings. The maximum absolute atomic E-state index is 12.4. The van der Waals surface area contributed by atoms with Gasteiger partial charge in [-0.3, -0.25) is 4.79 Å². The molecule has 0 unspecified atom stereocenters. The van der Waals surface area contributed by atoms with Crippen LogP contribution in [-0.2, 0) is 16.0 Å². The first-order valence-corrected chi connectivity index (χ1v) is 8.34. The van der Waals surface area contributed by atoms with E-state index in [1.165, 1.54) is 6.08 Å². The fourth-order valence-electron chi connectivity index (χ4n) is 3.03. The van der Waals surface area contributed by atoms with Gasteiger partial charge in [-0.05, 0) is 29.8 Å². The van der Waals surface area contributed by atoms with E-state index in [0.29, 0.717) is 11.5 Å². The molecule has 0 aliphatic carbocycles. The molecular weight excluding hydrogens is 344 g/mol. The van der Waals surface area contributed by atoms with Crippen molar-refractivity contribution in [2.24, 2.45) is 0 Å². The minimum absolute atomic E-state index is 0.163. The molecule has 0 aliphatic heterocycles. The van der Waals surface area contributed by atoms with Crippen LogP contribution in [0.25, 0.3) is 28.0 Å². The number of carbonyl (C=O) groups is 2. The molecule has 0 fully saturated rings. The van der Waals surface area contributed by atoms with E-state index in [9.17, 15) is 9.59 Å². The number of hydrogen-bond donors (Lipinski definition) is 4. The van der Waals surface area contributed by atoms with Gasteiger partial charge in [-0.15, -0.1) is 0 Å². The van der Waals surface area contributed by atoms with E-state index in [0.717, 1.165) is 33.5 Å². The largest absolute Gasteiger partial charge is 0.478 e. The van der Waals surface area contributed by atoms with E-state index in [2.05, 4.69) is 20.3 Å². The fourth-order valence-corrected chi connectivity index (χ4v) is 3.03. The first kappa shape index (κ1) is 16.6. The molecule has 27 heavy (non-hydrogen) atoms. The van der Waals surface area contributed by atoms with Crippen molar-refractivity contribution in [1.29, 1.82) is 0 Å². The van der Waals surface area contributed by atoms with Crippen LogP contribution in [0.3, 0.4) is 0 Å². The SMILES string of the molecule is O=C(O)/C=C/c1c[nH]c2nc(NC(=O)Cc3c[nH]c4ccccc34)ccc12. The number of rotatable bonds is 5. The Morgan fingerprint density at radius 1 is 1.07 bits per heavy atom. The maximum Gasteiger partial charge on any atom is 0.328 e. The number of carbonyl (C=O) groups excluding carboxylic acids is 1. The Balaban J connectivity index is 1.51. The molecular formula is C20H16N4O3. The molecule has 4 rings (SSSR count). The van der Waals surface area contributed by atoms with Crippen molar-refractivity contribution < 1.29 is 14.7 Å². The van der Waals surface area contributed by atoms with E-state index < -0.39 is 5.97 Å². The van der Waals surface area contributed by atoms with Gasteiger partial charge in [0, 0.05) is 40.3 Å². The number of aromatic nitrogens is 3. The number of anilines is 1. The number of H-pyrrole nitrogens is 2. The highest BCUT2D eigenvalue weighted by Crippen LogP contribution is 2.21. The Hall–Kier alpha value is -3.87. The molecule has 0 spiro atoms. The number of hydrogen-bond acceptors (Lipinski definition) is 3. The van der Waals surface area contributed by atoms with Crippen molar-refractivity contribution in [2.45, 2.75) is 6.42 Å². The summed E-state index contributed by atoms with van der Waals surface area (Å²) in [6, 6.07) is 11.3. The van der Waals surface area contributed by atoms with Crippen LogP contribution in [0.1, 0.15) is 11.1 Å². The van der Waals surface area contributed by atoms with E-state index in [1.807, 2.05) is 30.5 Å². The van der Waals surface area contributed by atoms with E-state index >= 15 is 0 Å². The van der Waals surface area contributed by atoms with Gasteiger partial charge in [0.2, 0.25) is 5.91 Å². The van der Waals surface area contributed by atoms with Crippen molar-refractivity contribution in [3.63, 3.8) is 0 Å². The summed E-state index contributed by atoms with van der Waals surface area (Å²) in [4.78, 5) is 33.6. The zero-order valence-electron chi connectivity index (χ0n) is 14.2. The Morgan fingerprint density at radius 2 is 1.93 bits per heavy atom. The van der Waals surface area contributed by atoms with Crippen LogP contribution >= 0.6 is 0 Å². The molecule has 7 heteroatoms. The number of nitrogens with one attached hydrogen (secondary N) is 3. The standard InChI is InChI=1S/C20H16N4O3/c25-18(9-13-11-21-16-4-2-1-3-14(13)16)23-17-7-6-15-12(5-8-19(26)27)10-22-20(15)24-17/h1-8,10-11,21H,9H2,(H,26,27)(H2,22,23,24,25)/b8-5+. The van der Waals surface area contributed by atoms with Gasteiger partial charge < -0.3 is 20.4 Å². The van der Waals surface area contributed by atoms with Crippen LogP contribution in [0.4, 0.5) is 5.82 Å². The lowest BCUT2D eigenvalue weighted by Crippen LogP contribution is -2.15. The molecule has 4 N–H and O–H groups in total. The van der Waals surface area contributed by atoms with Gasteiger partial charge in [0.25, 0.3) is 0 Å². The fraction of sp³-hybridized carbons (Fsp3) is 0.0500. The summed E-state index contributed by atoms with van der Waals surface area (Å²) in [5.41, 5.74) is 3.21. The first-order chi connectivity index (χ1) is 13.1. The molecule has 7 nitrogen and oxygen atoms in total. The van der Waals surface area contributed by atoms with Crippen LogP contribution in [-0.4, -0.2) is 31.9 Å². The molecule has 1 amide bonds. The monoisotopic (exact) mass is 360 g/mol. The number of aliphatic carboxylic acids is 1. The maximum atomic E-state index is 12.4. The van der Waals surface area contributed by atoms with Gasteiger partial charge in [0.1, 0.15) is 11.5 Å². The molecule has 134 valence electrons. The smallest absolute Gasteiger partial charge is 0.328 e. The third-order valence-corrected chi connectivity index (χ3v) is 4.27.